The zero-order valence-electron chi connectivity index (χ0n) is 15.9. The van der Waals surface area contributed by atoms with Crippen LogP contribution in [0, 0.1) is 6.92 Å². The van der Waals surface area contributed by atoms with E-state index in [-0.39, 0.29) is 5.56 Å². The maximum Gasteiger partial charge on any atom is 0.335 e. The molecule has 0 unspecified atom stereocenters. The average molecular weight is 402 g/mol. The average Bonchev–Trinajstić information content (AvgIpc) is 3.03. The Hall–Kier alpha value is -3.30. The number of aromatic carboxylic acids is 1. The van der Waals surface area contributed by atoms with Crippen LogP contribution in [0.2, 0.25) is 5.02 Å². The predicted molar refractivity (Wildman–Crippen MR) is 120 cm³/mol. The van der Waals surface area contributed by atoms with Gasteiger partial charge in [-0.25, -0.2) is 4.79 Å². The van der Waals surface area contributed by atoms with Gasteiger partial charge in [0.1, 0.15) is 0 Å². The van der Waals surface area contributed by atoms with E-state index in [9.17, 15) is 9.90 Å². The first-order valence-corrected chi connectivity index (χ1v) is 9.75. The fraction of sp³-hybridized carbons (Fsp3) is 0.0800. The van der Waals surface area contributed by atoms with E-state index in [1.807, 2.05) is 55.5 Å². The van der Waals surface area contributed by atoms with Crippen LogP contribution in [0.3, 0.4) is 0 Å². The highest BCUT2D eigenvalue weighted by molar-refractivity contribution is 6.31. The first-order valence-electron chi connectivity index (χ1n) is 9.37. The molecule has 1 heterocycles. The fourth-order valence-corrected chi connectivity index (χ4v) is 3.76. The van der Waals surface area contributed by atoms with Crippen LogP contribution in [-0.2, 0) is 6.42 Å². The van der Waals surface area contributed by atoms with E-state index in [2.05, 4.69) is 23.2 Å². The number of aromatic nitrogens is 1. The number of hydrogen-bond donors (Lipinski definition) is 2. The molecule has 3 aromatic carbocycles. The molecule has 0 fully saturated rings. The third-order valence-corrected chi connectivity index (χ3v) is 5.43. The van der Waals surface area contributed by atoms with Crippen molar-refractivity contribution in [3.8, 4) is 0 Å². The number of benzene rings is 3. The number of rotatable bonds is 5. The summed E-state index contributed by atoms with van der Waals surface area (Å²) in [6, 6.07) is 21.3. The van der Waals surface area contributed by atoms with E-state index in [0.717, 1.165) is 38.9 Å². The normalized spacial score (nSPS) is 11.4. The molecule has 0 atom stereocenters. The molecular weight excluding hydrogens is 382 g/mol. The van der Waals surface area contributed by atoms with Crippen LogP contribution >= 0.6 is 11.6 Å². The van der Waals surface area contributed by atoms with Crippen LogP contribution < -0.4 is 0 Å². The number of aromatic amines is 1. The molecule has 0 amide bonds. The minimum atomic E-state index is -0.927. The Morgan fingerprint density at radius 2 is 1.76 bits per heavy atom. The molecule has 4 rings (SSSR count). The summed E-state index contributed by atoms with van der Waals surface area (Å²) in [4.78, 5) is 14.7. The minimum absolute atomic E-state index is 0.283. The number of nitrogens with one attached hydrogen (secondary N) is 1. The number of H-pyrrole nitrogens is 1. The fourth-order valence-electron chi connectivity index (χ4n) is 3.50. The SMILES string of the molecule is Cc1[nH]c2ccc(C(=O)O)cc2c1Cc1ccc(C=Cc2ccccc2)cc1Cl. The van der Waals surface area contributed by atoms with Gasteiger partial charge in [-0.3, -0.25) is 0 Å². The van der Waals surface area contributed by atoms with Gasteiger partial charge < -0.3 is 10.1 Å². The molecule has 4 aromatic rings. The number of aryl methyl sites for hydroxylation is 1. The van der Waals surface area contributed by atoms with Crippen molar-refractivity contribution in [1.82, 2.24) is 4.98 Å². The summed E-state index contributed by atoms with van der Waals surface area (Å²) >= 11 is 6.58. The summed E-state index contributed by atoms with van der Waals surface area (Å²) in [7, 11) is 0. The van der Waals surface area contributed by atoms with E-state index in [1.165, 1.54) is 0 Å². The van der Waals surface area contributed by atoms with Crippen molar-refractivity contribution in [3.05, 3.63) is 105 Å². The molecule has 144 valence electrons. The summed E-state index contributed by atoms with van der Waals surface area (Å²) < 4.78 is 0. The lowest BCUT2D eigenvalue weighted by Crippen LogP contribution is -1.96. The number of carboxylic acids is 1. The van der Waals surface area contributed by atoms with Gasteiger partial charge in [0, 0.05) is 28.0 Å². The molecule has 1 aromatic heterocycles. The van der Waals surface area contributed by atoms with Gasteiger partial charge in [-0.2, -0.15) is 0 Å². The van der Waals surface area contributed by atoms with Crippen molar-refractivity contribution >= 4 is 40.6 Å². The standard InChI is InChI=1S/C25H20ClNO2/c1-16-21(22-15-20(25(28)29)11-12-24(22)27-16)14-19-10-9-18(13-23(19)26)8-7-17-5-3-2-4-6-17/h2-13,15,27H,14H2,1H3,(H,28,29). The highest BCUT2D eigenvalue weighted by Crippen LogP contribution is 2.29. The van der Waals surface area contributed by atoms with Crippen LogP contribution in [0.5, 0.6) is 0 Å². The smallest absolute Gasteiger partial charge is 0.335 e. The Balaban J connectivity index is 1.63. The summed E-state index contributed by atoms with van der Waals surface area (Å²) in [5.74, 6) is -0.927. The summed E-state index contributed by atoms with van der Waals surface area (Å²) in [5, 5.41) is 10.9. The molecule has 0 saturated carbocycles. The highest BCUT2D eigenvalue weighted by Gasteiger charge is 2.13. The van der Waals surface area contributed by atoms with Crippen molar-refractivity contribution in [2.24, 2.45) is 0 Å². The monoisotopic (exact) mass is 401 g/mol. The zero-order valence-corrected chi connectivity index (χ0v) is 16.7. The molecular formula is C25H20ClNO2. The van der Waals surface area contributed by atoms with Gasteiger partial charge in [0.25, 0.3) is 0 Å². The van der Waals surface area contributed by atoms with Gasteiger partial charge >= 0.3 is 5.97 Å². The second kappa shape index (κ2) is 7.98. The maximum absolute atomic E-state index is 11.3. The second-order valence-corrected chi connectivity index (χ2v) is 7.47. The quantitative estimate of drug-likeness (QED) is 0.370. The van der Waals surface area contributed by atoms with Crippen molar-refractivity contribution in [2.75, 3.05) is 0 Å². The second-order valence-electron chi connectivity index (χ2n) is 7.07. The van der Waals surface area contributed by atoms with Crippen LogP contribution in [0.25, 0.3) is 23.1 Å². The summed E-state index contributed by atoms with van der Waals surface area (Å²) in [6.07, 6.45) is 4.74. The highest BCUT2D eigenvalue weighted by atomic mass is 35.5. The Labute approximate surface area is 174 Å². The lowest BCUT2D eigenvalue weighted by molar-refractivity contribution is 0.0697. The van der Waals surface area contributed by atoms with Crippen molar-refractivity contribution in [1.29, 1.82) is 0 Å². The minimum Gasteiger partial charge on any atom is -0.478 e. The number of fused-ring (bicyclic) bond motifs is 1. The Kier molecular flexibility index (Phi) is 5.24. The topological polar surface area (TPSA) is 53.1 Å². The zero-order chi connectivity index (χ0) is 20.4. The molecule has 2 N–H and O–H groups in total. The van der Waals surface area contributed by atoms with Crippen molar-refractivity contribution in [2.45, 2.75) is 13.3 Å². The lowest BCUT2D eigenvalue weighted by atomic mass is 9.99. The molecule has 0 saturated heterocycles. The molecule has 0 radical (unpaired) electrons. The Morgan fingerprint density at radius 3 is 2.48 bits per heavy atom. The lowest BCUT2D eigenvalue weighted by Gasteiger charge is -2.07. The molecule has 4 heteroatoms. The summed E-state index contributed by atoms with van der Waals surface area (Å²) in [6.45, 7) is 2.00. The van der Waals surface area contributed by atoms with Gasteiger partial charge in [-0.1, -0.05) is 66.2 Å². The Bertz CT molecular complexity index is 1220. The summed E-state index contributed by atoms with van der Waals surface area (Å²) in [5.41, 5.74) is 6.48. The largest absolute Gasteiger partial charge is 0.478 e. The molecule has 29 heavy (non-hydrogen) atoms. The predicted octanol–water partition coefficient (Wildman–Crippen LogP) is 6.59. The van der Waals surface area contributed by atoms with Gasteiger partial charge in [-0.15, -0.1) is 0 Å². The molecule has 0 aliphatic rings. The Morgan fingerprint density at radius 1 is 1.00 bits per heavy atom. The van der Waals surface area contributed by atoms with Crippen molar-refractivity contribution < 1.29 is 9.90 Å². The van der Waals surface area contributed by atoms with Crippen LogP contribution in [0.15, 0.2) is 66.7 Å². The van der Waals surface area contributed by atoms with Gasteiger partial charge in [0.15, 0.2) is 0 Å². The van der Waals surface area contributed by atoms with E-state index in [1.54, 1.807) is 12.1 Å². The molecule has 3 nitrogen and oxygen atoms in total. The number of carbonyl (C=O) groups is 1. The van der Waals surface area contributed by atoms with E-state index < -0.39 is 5.97 Å². The number of hydrogen-bond acceptors (Lipinski definition) is 1. The number of halogens is 1. The molecule has 0 spiro atoms. The van der Waals surface area contributed by atoms with E-state index in [0.29, 0.717) is 11.4 Å². The van der Waals surface area contributed by atoms with E-state index in [4.69, 9.17) is 11.6 Å². The third-order valence-electron chi connectivity index (χ3n) is 5.08. The first-order chi connectivity index (χ1) is 14.0. The van der Waals surface area contributed by atoms with Crippen LogP contribution in [-0.4, -0.2) is 16.1 Å². The van der Waals surface area contributed by atoms with Crippen LogP contribution in [0.4, 0.5) is 0 Å². The van der Waals surface area contributed by atoms with E-state index >= 15 is 0 Å². The third kappa shape index (κ3) is 4.10. The van der Waals surface area contributed by atoms with Gasteiger partial charge in [-0.05, 0) is 53.4 Å². The van der Waals surface area contributed by atoms with Gasteiger partial charge in [0.05, 0.1) is 5.56 Å². The first kappa shape index (κ1) is 19.0. The molecule has 0 bridgehead atoms. The van der Waals surface area contributed by atoms with Crippen molar-refractivity contribution in [3.63, 3.8) is 0 Å². The maximum atomic E-state index is 11.3. The van der Waals surface area contributed by atoms with Crippen LogP contribution in [0.1, 0.15) is 38.3 Å². The number of carboxylic acid groups (broad SMARTS) is 1. The molecule has 0 aliphatic heterocycles. The molecule has 0 aliphatic carbocycles. The van der Waals surface area contributed by atoms with Gasteiger partial charge in [0.2, 0.25) is 0 Å².